The van der Waals surface area contributed by atoms with Crippen LogP contribution in [0.25, 0.3) is 0 Å². The number of benzene rings is 2. The maximum absolute atomic E-state index is 5.84. The largest absolute Gasteiger partial charge is 0.489 e. The van der Waals surface area contributed by atoms with Crippen LogP contribution in [0, 0.1) is 0 Å². The molecule has 23 heavy (non-hydrogen) atoms. The molecule has 2 aromatic rings. The molecule has 4 heteroatoms. The van der Waals surface area contributed by atoms with Gasteiger partial charge in [-0.25, -0.2) is 0 Å². The molecule has 1 aliphatic heterocycles. The van der Waals surface area contributed by atoms with Gasteiger partial charge in [0, 0.05) is 23.1 Å². The summed E-state index contributed by atoms with van der Waals surface area (Å²) in [5.74, 6) is 0.873. The van der Waals surface area contributed by atoms with Crippen molar-refractivity contribution in [2.75, 3.05) is 13.1 Å². The minimum atomic E-state index is 0.573. The Morgan fingerprint density at radius 3 is 2.26 bits per heavy atom. The maximum atomic E-state index is 5.84. The van der Waals surface area contributed by atoms with Crippen molar-refractivity contribution in [3.05, 3.63) is 64.1 Å². The number of halogens is 1. The highest BCUT2D eigenvalue weighted by Crippen LogP contribution is 2.19. The van der Waals surface area contributed by atoms with Crippen molar-refractivity contribution in [1.29, 1.82) is 0 Å². The third-order valence-corrected chi connectivity index (χ3v) is 5.09. The van der Waals surface area contributed by atoms with E-state index in [1.54, 1.807) is 0 Å². The molecule has 0 N–H and O–H groups in total. The highest BCUT2D eigenvalue weighted by atomic mass is 79.9. The van der Waals surface area contributed by atoms with Crippen molar-refractivity contribution in [2.45, 2.75) is 25.9 Å². The molecule has 0 radical (unpaired) electrons. The fraction of sp³-hybridized carbons (Fsp3) is 0.316. The van der Waals surface area contributed by atoms with Crippen molar-refractivity contribution < 1.29 is 4.74 Å². The fourth-order valence-corrected chi connectivity index (χ4v) is 3.30. The molecular weight excluding hydrogens is 370 g/mol. The molecule has 0 amide bonds. The Labute approximate surface area is 151 Å². The second-order valence-electron chi connectivity index (χ2n) is 5.79. The number of thiocarbonyl (C=S) groups is 1. The van der Waals surface area contributed by atoms with E-state index < -0.39 is 0 Å². The summed E-state index contributed by atoms with van der Waals surface area (Å²) in [5.41, 5.74) is 2.26. The number of hydrogen-bond acceptors (Lipinski definition) is 2. The van der Waals surface area contributed by atoms with E-state index in [9.17, 15) is 0 Å². The molecule has 120 valence electrons. The van der Waals surface area contributed by atoms with Gasteiger partial charge in [-0.2, -0.15) is 0 Å². The summed E-state index contributed by atoms with van der Waals surface area (Å²) in [6.07, 6.45) is 3.81. The van der Waals surface area contributed by atoms with E-state index in [0.717, 1.165) is 39.4 Å². The van der Waals surface area contributed by atoms with Gasteiger partial charge in [-0.15, -0.1) is 0 Å². The van der Waals surface area contributed by atoms with Gasteiger partial charge in [0.1, 0.15) is 17.3 Å². The Bertz CT molecular complexity index is 648. The maximum Gasteiger partial charge on any atom is 0.119 e. The summed E-state index contributed by atoms with van der Waals surface area (Å²) in [6.45, 7) is 2.74. The zero-order valence-electron chi connectivity index (χ0n) is 13.0. The van der Waals surface area contributed by atoms with Gasteiger partial charge in [0.15, 0.2) is 0 Å². The summed E-state index contributed by atoms with van der Waals surface area (Å²) in [6, 6.07) is 16.3. The smallest absolute Gasteiger partial charge is 0.119 e. The lowest BCUT2D eigenvalue weighted by Crippen LogP contribution is -2.34. The van der Waals surface area contributed by atoms with E-state index >= 15 is 0 Å². The lowest BCUT2D eigenvalue weighted by atomic mass is 10.1. The topological polar surface area (TPSA) is 12.5 Å². The van der Waals surface area contributed by atoms with E-state index in [2.05, 4.69) is 45.1 Å². The van der Waals surface area contributed by atoms with Gasteiger partial charge in [0.25, 0.3) is 0 Å². The van der Waals surface area contributed by atoms with Crippen molar-refractivity contribution in [3.8, 4) is 5.75 Å². The lowest BCUT2D eigenvalue weighted by Gasteiger charge is -2.29. The predicted molar refractivity (Wildman–Crippen MR) is 102 cm³/mol. The zero-order valence-corrected chi connectivity index (χ0v) is 15.4. The van der Waals surface area contributed by atoms with E-state index in [1.807, 2.05) is 24.3 Å². The first-order valence-electron chi connectivity index (χ1n) is 7.99. The monoisotopic (exact) mass is 389 g/mol. The molecule has 0 spiro atoms. The van der Waals surface area contributed by atoms with E-state index in [4.69, 9.17) is 17.0 Å². The van der Waals surface area contributed by atoms with Gasteiger partial charge in [0.2, 0.25) is 0 Å². The predicted octanol–water partition coefficient (Wildman–Crippen LogP) is 5.19. The highest BCUT2D eigenvalue weighted by molar-refractivity contribution is 9.10. The van der Waals surface area contributed by atoms with Gasteiger partial charge in [-0.3, -0.25) is 0 Å². The number of piperidine rings is 1. The molecule has 0 aromatic heterocycles. The summed E-state index contributed by atoms with van der Waals surface area (Å²) in [4.78, 5) is 3.28. The molecule has 1 saturated heterocycles. The summed E-state index contributed by atoms with van der Waals surface area (Å²) >= 11 is 9.06. The van der Waals surface area contributed by atoms with Crippen LogP contribution in [0.5, 0.6) is 5.75 Å². The Hall–Kier alpha value is -1.39. The highest BCUT2D eigenvalue weighted by Gasteiger charge is 2.14. The van der Waals surface area contributed by atoms with Crippen molar-refractivity contribution >= 4 is 33.1 Å². The average molecular weight is 390 g/mol. The number of likely N-dealkylation sites (tertiary alicyclic amines) is 1. The average Bonchev–Trinajstić information content (AvgIpc) is 2.62. The molecule has 0 bridgehead atoms. The first kappa shape index (κ1) is 16.5. The van der Waals surface area contributed by atoms with Crippen LogP contribution in [0.2, 0.25) is 0 Å². The SMILES string of the molecule is S=C(c1ccc(OCc2ccc(Br)cc2)cc1)N1CCCCC1. The summed E-state index contributed by atoms with van der Waals surface area (Å²) < 4.78 is 6.92. The quantitative estimate of drug-likeness (QED) is 0.667. The lowest BCUT2D eigenvalue weighted by molar-refractivity contribution is 0.306. The van der Waals surface area contributed by atoms with Gasteiger partial charge >= 0.3 is 0 Å². The first-order valence-corrected chi connectivity index (χ1v) is 9.19. The van der Waals surface area contributed by atoms with Crippen LogP contribution in [0.15, 0.2) is 53.0 Å². The van der Waals surface area contributed by atoms with Crippen LogP contribution >= 0.6 is 28.1 Å². The van der Waals surface area contributed by atoms with E-state index in [0.29, 0.717) is 6.61 Å². The molecule has 0 atom stereocenters. The van der Waals surface area contributed by atoms with Crippen LogP contribution in [0.4, 0.5) is 0 Å². The molecule has 0 aliphatic carbocycles. The van der Waals surface area contributed by atoms with E-state index in [-0.39, 0.29) is 0 Å². The van der Waals surface area contributed by atoms with Gasteiger partial charge < -0.3 is 9.64 Å². The number of rotatable bonds is 4. The second kappa shape index (κ2) is 7.93. The van der Waals surface area contributed by atoms with Gasteiger partial charge in [0.05, 0.1) is 0 Å². The Morgan fingerprint density at radius 1 is 0.957 bits per heavy atom. The third kappa shape index (κ3) is 4.55. The molecule has 1 aliphatic rings. The minimum Gasteiger partial charge on any atom is -0.489 e. The van der Waals surface area contributed by atoms with Crippen molar-refractivity contribution in [2.24, 2.45) is 0 Å². The Balaban J connectivity index is 1.58. The van der Waals surface area contributed by atoms with Crippen LogP contribution in [0.1, 0.15) is 30.4 Å². The Morgan fingerprint density at radius 2 is 1.61 bits per heavy atom. The van der Waals surface area contributed by atoms with Gasteiger partial charge in [-0.1, -0.05) is 40.3 Å². The molecule has 3 rings (SSSR count). The second-order valence-corrected chi connectivity index (χ2v) is 7.09. The third-order valence-electron chi connectivity index (χ3n) is 4.06. The Kier molecular flexibility index (Phi) is 5.68. The molecule has 0 unspecified atom stereocenters. The van der Waals surface area contributed by atoms with Crippen molar-refractivity contribution in [3.63, 3.8) is 0 Å². The van der Waals surface area contributed by atoms with Crippen LogP contribution in [-0.4, -0.2) is 23.0 Å². The van der Waals surface area contributed by atoms with Crippen LogP contribution < -0.4 is 4.74 Å². The van der Waals surface area contributed by atoms with E-state index in [1.165, 1.54) is 19.3 Å². The fourth-order valence-electron chi connectivity index (χ4n) is 2.72. The molecule has 0 saturated carbocycles. The molecule has 1 fully saturated rings. The van der Waals surface area contributed by atoms with Gasteiger partial charge in [-0.05, 0) is 61.2 Å². The standard InChI is InChI=1S/C19H20BrNOS/c20-17-8-4-15(5-9-17)14-22-18-10-6-16(7-11-18)19(23)21-12-2-1-3-13-21/h4-11H,1-3,12-14H2. The summed E-state index contributed by atoms with van der Waals surface area (Å²) in [7, 11) is 0. The molecule has 2 nitrogen and oxygen atoms in total. The van der Waals surface area contributed by atoms with Crippen LogP contribution in [-0.2, 0) is 6.61 Å². The number of ether oxygens (including phenoxy) is 1. The normalized spacial score (nSPS) is 14.6. The first-order chi connectivity index (χ1) is 11.2. The zero-order chi connectivity index (χ0) is 16.1. The van der Waals surface area contributed by atoms with Crippen LogP contribution in [0.3, 0.4) is 0 Å². The minimum absolute atomic E-state index is 0.573. The number of hydrogen-bond donors (Lipinski definition) is 0. The molecule has 1 heterocycles. The molecular formula is C19H20BrNOS. The summed E-state index contributed by atoms with van der Waals surface area (Å²) in [5, 5.41) is 0. The van der Waals surface area contributed by atoms with Crippen molar-refractivity contribution in [1.82, 2.24) is 4.90 Å². The molecule has 2 aromatic carbocycles. The number of nitrogens with zero attached hydrogens (tertiary/aromatic N) is 1.